The summed E-state index contributed by atoms with van der Waals surface area (Å²) in [6.45, 7) is 4.64. The quantitative estimate of drug-likeness (QED) is 0.553. The number of carbonyl (C=O) groups is 3. The minimum Gasteiger partial charge on any atom is -0.478 e. The highest BCUT2D eigenvalue weighted by atomic mass is 35.5. The number of fused-ring (bicyclic) bond motifs is 1. The molecule has 2 N–H and O–H groups in total. The number of benzene rings is 2. The largest absolute Gasteiger partial charge is 0.478 e. The van der Waals surface area contributed by atoms with Gasteiger partial charge in [0.25, 0.3) is 5.91 Å². The molecule has 2 aliphatic heterocycles. The van der Waals surface area contributed by atoms with Gasteiger partial charge in [-0.05, 0) is 79.7 Å². The van der Waals surface area contributed by atoms with E-state index < -0.39 is 11.9 Å². The van der Waals surface area contributed by atoms with E-state index in [0.29, 0.717) is 29.6 Å². The Morgan fingerprint density at radius 2 is 1.66 bits per heavy atom. The number of carbonyl (C=O) groups excluding carboxylic acids is 1. The summed E-state index contributed by atoms with van der Waals surface area (Å²) in [5.74, 6) is -2.00. The molecule has 35 heavy (non-hydrogen) atoms. The second-order valence-corrected chi connectivity index (χ2v) is 9.09. The first-order chi connectivity index (χ1) is 16.7. The lowest BCUT2D eigenvalue weighted by Gasteiger charge is -2.33. The fourth-order valence-corrected chi connectivity index (χ4v) is 4.48. The van der Waals surface area contributed by atoms with Crippen molar-refractivity contribution in [3.8, 4) is 0 Å². The molecular formula is C26H28ClFN2O5. The second-order valence-electron chi connectivity index (χ2n) is 8.66. The van der Waals surface area contributed by atoms with Crippen molar-refractivity contribution in [1.82, 2.24) is 9.80 Å². The number of aliphatic carboxylic acids is 2. The fraction of sp³-hybridized carbons (Fsp3) is 0.346. The van der Waals surface area contributed by atoms with Gasteiger partial charge in [-0.1, -0.05) is 23.7 Å². The zero-order valence-corrected chi connectivity index (χ0v) is 20.0. The van der Waals surface area contributed by atoms with Crippen LogP contribution in [0.4, 0.5) is 4.39 Å². The van der Waals surface area contributed by atoms with Crippen LogP contribution in [-0.2, 0) is 22.6 Å². The average molecular weight is 503 g/mol. The van der Waals surface area contributed by atoms with Gasteiger partial charge >= 0.3 is 11.9 Å². The Hall–Kier alpha value is -3.23. The Morgan fingerprint density at radius 3 is 2.26 bits per heavy atom. The Morgan fingerprint density at radius 1 is 1.03 bits per heavy atom. The second kappa shape index (κ2) is 12.5. The summed E-state index contributed by atoms with van der Waals surface area (Å²) in [5, 5.41) is 16.3. The van der Waals surface area contributed by atoms with Crippen molar-refractivity contribution in [2.75, 3.05) is 26.2 Å². The molecule has 7 nitrogen and oxygen atoms in total. The number of carboxylic acid groups (broad SMARTS) is 2. The van der Waals surface area contributed by atoms with Crippen LogP contribution in [0.2, 0.25) is 5.02 Å². The molecule has 0 saturated carbocycles. The maximum atomic E-state index is 13.0. The van der Waals surface area contributed by atoms with Crippen molar-refractivity contribution >= 4 is 29.4 Å². The average Bonchev–Trinajstić information content (AvgIpc) is 3.13. The number of likely N-dealkylation sites (tertiary alicyclic amines) is 1. The SMILES string of the molecule is O=C(O)C=CC(=O)O.O=C1c2ccc(Cl)cc2CN1CC1CCN(CCc2ccc(F)cc2)CC1. The van der Waals surface area contributed by atoms with Gasteiger partial charge in [-0.15, -0.1) is 0 Å². The van der Waals surface area contributed by atoms with Crippen LogP contribution in [0.1, 0.15) is 34.3 Å². The van der Waals surface area contributed by atoms with E-state index >= 15 is 0 Å². The summed E-state index contributed by atoms with van der Waals surface area (Å²) in [6.07, 6.45) is 4.30. The molecule has 2 aromatic carbocycles. The standard InChI is InChI=1S/C22H24ClFN2O.C4H4O4/c23-19-3-6-21-18(13-19)15-26(22(21)27)14-17-8-11-25(12-9-17)10-7-16-1-4-20(24)5-2-16;5-3(6)1-2-4(7)8/h1-6,13,17H,7-12,14-15H2;1-2H,(H,5,6)(H,7,8). The number of amides is 1. The molecule has 0 radical (unpaired) electrons. The van der Waals surface area contributed by atoms with Crippen LogP contribution in [0.5, 0.6) is 0 Å². The molecule has 2 heterocycles. The number of rotatable bonds is 7. The highest BCUT2D eigenvalue weighted by Crippen LogP contribution is 2.28. The van der Waals surface area contributed by atoms with E-state index in [2.05, 4.69) is 4.90 Å². The van der Waals surface area contributed by atoms with Gasteiger partial charge in [0.05, 0.1) is 0 Å². The van der Waals surface area contributed by atoms with Crippen LogP contribution in [0.15, 0.2) is 54.6 Å². The van der Waals surface area contributed by atoms with Gasteiger partial charge in [0.15, 0.2) is 0 Å². The summed E-state index contributed by atoms with van der Waals surface area (Å²) < 4.78 is 13.0. The first-order valence-electron chi connectivity index (χ1n) is 11.4. The molecule has 0 aromatic heterocycles. The van der Waals surface area contributed by atoms with E-state index in [1.54, 1.807) is 6.07 Å². The van der Waals surface area contributed by atoms with Crippen molar-refractivity contribution in [3.63, 3.8) is 0 Å². The predicted molar refractivity (Wildman–Crippen MR) is 130 cm³/mol. The lowest BCUT2D eigenvalue weighted by molar-refractivity contribution is -0.134. The summed E-state index contributed by atoms with van der Waals surface area (Å²) in [4.78, 5) is 36.1. The topological polar surface area (TPSA) is 98.1 Å². The lowest BCUT2D eigenvalue weighted by atomic mass is 9.96. The third-order valence-electron chi connectivity index (χ3n) is 6.13. The highest BCUT2D eigenvalue weighted by Gasteiger charge is 2.30. The molecule has 2 aliphatic rings. The third kappa shape index (κ3) is 8.19. The summed E-state index contributed by atoms with van der Waals surface area (Å²) in [6, 6.07) is 12.3. The summed E-state index contributed by atoms with van der Waals surface area (Å²) in [5.41, 5.74) is 3.03. The zero-order valence-electron chi connectivity index (χ0n) is 19.2. The number of piperidine rings is 1. The molecule has 0 atom stereocenters. The zero-order chi connectivity index (χ0) is 25.4. The van der Waals surface area contributed by atoms with Gasteiger partial charge in [0.2, 0.25) is 0 Å². The monoisotopic (exact) mass is 502 g/mol. The van der Waals surface area contributed by atoms with Crippen LogP contribution in [0.3, 0.4) is 0 Å². The lowest BCUT2D eigenvalue weighted by Crippen LogP contribution is -2.39. The normalized spacial score (nSPS) is 16.2. The number of halogens is 2. The third-order valence-corrected chi connectivity index (χ3v) is 6.37. The fourth-order valence-electron chi connectivity index (χ4n) is 4.28. The number of nitrogens with zero attached hydrogens (tertiary/aromatic N) is 2. The Bertz CT molecular complexity index is 1070. The van der Waals surface area contributed by atoms with Gasteiger partial charge in [0.1, 0.15) is 5.82 Å². The Labute approximate surface area is 208 Å². The van der Waals surface area contributed by atoms with E-state index in [1.807, 2.05) is 29.2 Å². The smallest absolute Gasteiger partial charge is 0.328 e. The van der Waals surface area contributed by atoms with Crippen molar-refractivity contribution < 1.29 is 29.0 Å². The minimum atomic E-state index is -1.26. The van der Waals surface area contributed by atoms with Gasteiger partial charge in [-0.25, -0.2) is 14.0 Å². The molecular weight excluding hydrogens is 475 g/mol. The van der Waals surface area contributed by atoms with E-state index in [-0.39, 0.29) is 11.7 Å². The van der Waals surface area contributed by atoms with Gasteiger partial charge in [0, 0.05) is 42.4 Å². The molecule has 9 heteroatoms. The van der Waals surface area contributed by atoms with Crippen molar-refractivity contribution in [2.45, 2.75) is 25.8 Å². The van der Waals surface area contributed by atoms with E-state index in [9.17, 15) is 18.8 Å². The van der Waals surface area contributed by atoms with Crippen molar-refractivity contribution in [3.05, 3.63) is 82.1 Å². The molecule has 0 unspecified atom stereocenters. The molecule has 1 fully saturated rings. The highest BCUT2D eigenvalue weighted by molar-refractivity contribution is 6.30. The van der Waals surface area contributed by atoms with Gasteiger partial charge < -0.3 is 20.0 Å². The number of hydrogen-bond donors (Lipinski definition) is 2. The van der Waals surface area contributed by atoms with Gasteiger partial charge in [-0.3, -0.25) is 4.79 Å². The van der Waals surface area contributed by atoms with E-state index in [1.165, 1.54) is 17.7 Å². The number of hydrogen-bond acceptors (Lipinski definition) is 4. The number of carboxylic acids is 2. The molecule has 0 spiro atoms. The maximum absolute atomic E-state index is 13.0. The van der Waals surface area contributed by atoms with Crippen molar-refractivity contribution in [2.24, 2.45) is 5.92 Å². The van der Waals surface area contributed by atoms with Crippen molar-refractivity contribution in [1.29, 1.82) is 0 Å². The Kier molecular flexibility index (Phi) is 9.39. The summed E-state index contributed by atoms with van der Waals surface area (Å²) in [7, 11) is 0. The minimum absolute atomic E-state index is 0.139. The molecule has 2 aromatic rings. The first kappa shape index (κ1) is 26.4. The van der Waals surface area contributed by atoms with Gasteiger partial charge in [-0.2, -0.15) is 0 Å². The molecule has 186 valence electrons. The van der Waals surface area contributed by atoms with Crippen LogP contribution < -0.4 is 0 Å². The van der Waals surface area contributed by atoms with Crippen LogP contribution >= 0.6 is 11.6 Å². The Balaban J connectivity index is 0.000000371. The molecule has 0 bridgehead atoms. The molecule has 0 aliphatic carbocycles. The van der Waals surface area contributed by atoms with Crippen LogP contribution in [0, 0.1) is 11.7 Å². The maximum Gasteiger partial charge on any atom is 0.328 e. The predicted octanol–water partition coefficient (Wildman–Crippen LogP) is 4.10. The van der Waals surface area contributed by atoms with Crippen LogP contribution in [0.25, 0.3) is 0 Å². The molecule has 4 rings (SSSR count). The van der Waals surface area contributed by atoms with E-state index in [4.69, 9.17) is 21.8 Å². The van der Waals surface area contributed by atoms with Crippen LogP contribution in [-0.4, -0.2) is 64.0 Å². The molecule has 1 amide bonds. The summed E-state index contributed by atoms with van der Waals surface area (Å²) >= 11 is 6.05. The van der Waals surface area contributed by atoms with E-state index in [0.717, 1.165) is 56.6 Å². The first-order valence-corrected chi connectivity index (χ1v) is 11.8. The molecule has 1 saturated heterocycles.